The summed E-state index contributed by atoms with van der Waals surface area (Å²) in [5.41, 5.74) is 0.102. The number of aliphatic hydroxyl groups excluding tert-OH is 1. The topological polar surface area (TPSA) is 57.5 Å². The largest absolute Gasteiger partial charge is 0.481 e. The molecule has 1 aliphatic rings. The minimum atomic E-state index is -0.862. The van der Waals surface area contributed by atoms with Gasteiger partial charge in [0, 0.05) is 0 Å². The van der Waals surface area contributed by atoms with Gasteiger partial charge in [0.05, 0.1) is 12.0 Å². The fraction of sp³-hybridized carbons (Fsp3) is 0.900. The lowest BCUT2D eigenvalue weighted by molar-refractivity contribution is -0.144. The monoisotopic (exact) mass is 186 g/mol. The summed E-state index contributed by atoms with van der Waals surface area (Å²) in [6, 6.07) is 0. The molecule has 0 bridgehead atoms. The number of aliphatic carboxylic acids is 1. The Morgan fingerprint density at radius 3 is 2.08 bits per heavy atom. The molecule has 3 nitrogen and oxygen atoms in total. The summed E-state index contributed by atoms with van der Waals surface area (Å²) in [5, 5.41) is 18.3. The van der Waals surface area contributed by atoms with E-state index >= 15 is 0 Å². The highest BCUT2D eigenvalue weighted by Crippen LogP contribution is 2.42. The van der Waals surface area contributed by atoms with Crippen molar-refractivity contribution in [3.8, 4) is 0 Å². The van der Waals surface area contributed by atoms with E-state index in [0.29, 0.717) is 18.8 Å². The molecule has 0 amide bonds. The van der Waals surface area contributed by atoms with Gasteiger partial charge in [-0.3, -0.25) is 4.79 Å². The van der Waals surface area contributed by atoms with E-state index in [-0.39, 0.29) is 5.41 Å². The van der Waals surface area contributed by atoms with Gasteiger partial charge in [-0.1, -0.05) is 20.8 Å². The van der Waals surface area contributed by atoms with Gasteiger partial charge in [-0.15, -0.1) is 0 Å². The van der Waals surface area contributed by atoms with Crippen LogP contribution in [0.3, 0.4) is 0 Å². The van der Waals surface area contributed by atoms with Gasteiger partial charge in [-0.2, -0.15) is 0 Å². The highest BCUT2D eigenvalue weighted by molar-refractivity contribution is 5.71. The van der Waals surface area contributed by atoms with E-state index in [0.717, 1.165) is 0 Å². The fourth-order valence-electron chi connectivity index (χ4n) is 1.99. The first-order valence-electron chi connectivity index (χ1n) is 4.73. The first kappa shape index (κ1) is 10.5. The van der Waals surface area contributed by atoms with Gasteiger partial charge in [0.2, 0.25) is 0 Å². The minimum Gasteiger partial charge on any atom is -0.481 e. The molecule has 0 radical (unpaired) electrons. The molecule has 1 saturated carbocycles. The van der Waals surface area contributed by atoms with E-state index in [1.54, 1.807) is 0 Å². The maximum atomic E-state index is 10.7. The molecule has 0 unspecified atom stereocenters. The van der Waals surface area contributed by atoms with Crippen molar-refractivity contribution in [1.29, 1.82) is 0 Å². The second-order valence-corrected chi connectivity index (χ2v) is 5.05. The highest BCUT2D eigenvalue weighted by atomic mass is 16.4. The Kier molecular flexibility index (Phi) is 2.66. The summed E-state index contributed by atoms with van der Waals surface area (Å²) in [5.74, 6) is -1.09. The van der Waals surface area contributed by atoms with Crippen molar-refractivity contribution >= 4 is 5.97 Å². The molecular formula is C10H18O3. The Hall–Kier alpha value is -0.570. The molecule has 1 rings (SSSR count). The Balaban J connectivity index is 2.65. The van der Waals surface area contributed by atoms with Gasteiger partial charge >= 0.3 is 5.97 Å². The lowest BCUT2D eigenvalue weighted by Crippen LogP contribution is -2.21. The molecule has 0 aromatic carbocycles. The molecule has 1 fully saturated rings. The van der Waals surface area contributed by atoms with Crippen LogP contribution in [0, 0.1) is 17.3 Å². The highest BCUT2D eigenvalue weighted by Gasteiger charge is 2.42. The molecule has 3 atom stereocenters. The third-order valence-electron chi connectivity index (χ3n) is 3.07. The van der Waals surface area contributed by atoms with Gasteiger partial charge in [0.15, 0.2) is 0 Å². The van der Waals surface area contributed by atoms with Crippen molar-refractivity contribution in [2.45, 2.75) is 39.7 Å². The normalized spacial score (nSPS) is 34.9. The average molecular weight is 186 g/mol. The van der Waals surface area contributed by atoms with Gasteiger partial charge in [0.1, 0.15) is 0 Å². The van der Waals surface area contributed by atoms with Gasteiger partial charge in [0.25, 0.3) is 0 Å². The molecular weight excluding hydrogens is 168 g/mol. The van der Waals surface area contributed by atoms with E-state index < -0.39 is 18.0 Å². The zero-order valence-corrected chi connectivity index (χ0v) is 8.45. The van der Waals surface area contributed by atoms with Crippen LogP contribution in [-0.4, -0.2) is 22.3 Å². The molecule has 0 aromatic rings. The van der Waals surface area contributed by atoms with Crippen molar-refractivity contribution in [3.63, 3.8) is 0 Å². The number of hydrogen-bond acceptors (Lipinski definition) is 2. The van der Waals surface area contributed by atoms with Gasteiger partial charge in [-0.25, -0.2) is 0 Å². The first-order valence-corrected chi connectivity index (χ1v) is 4.73. The maximum Gasteiger partial charge on any atom is 0.309 e. The van der Waals surface area contributed by atoms with E-state index in [1.165, 1.54) is 0 Å². The lowest BCUT2D eigenvalue weighted by Gasteiger charge is -2.26. The molecule has 0 heterocycles. The van der Waals surface area contributed by atoms with Crippen LogP contribution in [0.2, 0.25) is 0 Å². The third-order valence-corrected chi connectivity index (χ3v) is 3.07. The van der Waals surface area contributed by atoms with Crippen LogP contribution in [0.4, 0.5) is 0 Å². The molecule has 0 aromatic heterocycles. The molecule has 3 heteroatoms. The second kappa shape index (κ2) is 3.29. The van der Waals surface area contributed by atoms with Crippen molar-refractivity contribution in [3.05, 3.63) is 0 Å². The Bertz CT molecular complexity index is 205. The number of carboxylic acids is 1. The number of hydrogen-bond donors (Lipinski definition) is 2. The van der Waals surface area contributed by atoms with Crippen LogP contribution in [-0.2, 0) is 4.79 Å². The molecule has 13 heavy (non-hydrogen) atoms. The molecule has 0 saturated heterocycles. The molecule has 0 aliphatic heterocycles. The van der Waals surface area contributed by atoms with Gasteiger partial charge < -0.3 is 10.2 Å². The second-order valence-electron chi connectivity index (χ2n) is 5.05. The lowest BCUT2D eigenvalue weighted by atomic mass is 9.79. The van der Waals surface area contributed by atoms with Crippen LogP contribution in [0.1, 0.15) is 33.6 Å². The summed E-state index contributed by atoms with van der Waals surface area (Å²) < 4.78 is 0. The summed E-state index contributed by atoms with van der Waals surface area (Å²) >= 11 is 0. The molecule has 0 spiro atoms. The zero-order valence-electron chi connectivity index (χ0n) is 8.45. The smallest absolute Gasteiger partial charge is 0.309 e. The molecule has 2 N–H and O–H groups in total. The Morgan fingerprint density at radius 1 is 1.31 bits per heavy atom. The number of rotatable bonds is 1. The summed E-state index contributed by atoms with van der Waals surface area (Å²) in [6.45, 7) is 6.28. The number of aliphatic hydroxyl groups is 1. The Labute approximate surface area is 78.8 Å². The van der Waals surface area contributed by atoms with Crippen molar-refractivity contribution in [2.75, 3.05) is 0 Å². The van der Waals surface area contributed by atoms with Crippen LogP contribution in [0.25, 0.3) is 0 Å². The molecule has 76 valence electrons. The standard InChI is InChI=1S/C10H18O3/c1-10(2,3)6-4-7(9(12)13)8(11)5-6/h6-8,11H,4-5H2,1-3H3,(H,12,13)/t6-,7+,8-/m0/s1. The van der Waals surface area contributed by atoms with Crippen molar-refractivity contribution < 1.29 is 15.0 Å². The van der Waals surface area contributed by atoms with E-state index in [4.69, 9.17) is 5.11 Å². The summed E-state index contributed by atoms with van der Waals surface area (Å²) in [7, 11) is 0. The van der Waals surface area contributed by atoms with Crippen molar-refractivity contribution in [2.24, 2.45) is 17.3 Å². The Morgan fingerprint density at radius 2 is 1.85 bits per heavy atom. The van der Waals surface area contributed by atoms with Gasteiger partial charge in [-0.05, 0) is 24.2 Å². The first-order chi connectivity index (χ1) is 5.82. The molecule has 1 aliphatic carbocycles. The predicted octanol–water partition coefficient (Wildman–Crippen LogP) is 1.50. The summed E-state index contributed by atoms with van der Waals surface area (Å²) in [4.78, 5) is 10.7. The van der Waals surface area contributed by atoms with Crippen LogP contribution in [0.15, 0.2) is 0 Å². The minimum absolute atomic E-state index is 0.102. The van der Waals surface area contributed by atoms with Crippen LogP contribution in [0.5, 0.6) is 0 Å². The average Bonchev–Trinajstić information content (AvgIpc) is 2.29. The maximum absolute atomic E-state index is 10.7. The van der Waals surface area contributed by atoms with Crippen LogP contribution < -0.4 is 0 Å². The zero-order chi connectivity index (χ0) is 10.2. The third kappa shape index (κ3) is 2.21. The van der Waals surface area contributed by atoms with E-state index in [2.05, 4.69) is 20.8 Å². The van der Waals surface area contributed by atoms with E-state index in [1.807, 2.05) is 0 Å². The number of carbonyl (C=O) groups is 1. The fourth-order valence-corrected chi connectivity index (χ4v) is 1.99. The predicted molar refractivity (Wildman–Crippen MR) is 49.3 cm³/mol. The van der Waals surface area contributed by atoms with E-state index in [9.17, 15) is 9.90 Å². The number of carboxylic acid groups (broad SMARTS) is 1. The van der Waals surface area contributed by atoms with Crippen LogP contribution >= 0.6 is 0 Å². The summed E-state index contributed by atoms with van der Waals surface area (Å²) in [6.07, 6.45) is 0.585. The quantitative estimate of drug-likeness (QED) is 0.652. The van der Waals surface area contributed by atoms with Crippen molar-refractivity contribution in [1.82, 2.24) is 0 Å². The SMILES string of the molecule is CC(C)(C)[C@@H]1C[C@H](O)[C@H](C(=O)O)C1.